The van der Waals surface area contributed by atoms with Crippen LogP contribution in [0.4, 0.5) is 5.69 Å². The number of Topliss-reactive ketones (excluding diaryl/α,β-unsaturated/α-hetero) is 2. The van der Waals surface area contributed by atoms with Gasteiger partial charge >= 0.3 is 0 Å². The Kier molecular flexibility index (Phi) is 5.32. The van der Waals surface area contributed by atoms with Crippen molar-refractivity contribution >= 4 is 40.8 Å². The minimum atomic E-state index is -1.37. The molecule has 3 aliphatic heterocycles. The van der Waals surface area contributed by atoms with Gasteiger partial charge in [-0.1, -0.05) is 96.5 Å². The van der Waals surface area contributed by atoms with Gasteiger partial charge in [0, 0.05) is 23.0 Å². The molecule has 1 spiro atoms. The van der Waals surface area contributed by atoms with Crippen molar-refractivity contribution in [3.63, 3.8) is 0 Å². The van der Waals surface area contributed by atoms with Crippen molar-refractivity contribution in [2.45, 2.75) is 17.5 Å². The van der Waals surface area contributed by atoms with Crippen LogP contribution < -0.4 is 5.32 Å². The van der Waals surface area contributed by atoms with Crippen molar-refractivity contribution in [1.29, 1.82) is 0 Å². The topological polar surface area (TPSA) is 66.5 Å². The van der Waals surface area contributed by atoms with Crippen LogP contribution in [0.2, 0.25) is 5.02 Å². The number of rotatable bonds is 4. The van der Waals surface area contributed by atoms with Crippen LogP contribution in [-0.2, 0) is 10.2 Å². The van der Waals surface area contributed by atoms with Crippen LogP contribution in [-0.4, -0.2) is 28.4 Å². The molecule has 5 nitrogen and oxygen atoms in total. The Labute approximate surface area is 230 Å². The van der Waals surface area contributed by atoms with Crippen LogP contribution >= 0.6 is 11.6 Å². The first-order valence-corrected chi connectivity index (χ1v) is 13.2. The van der Waals surface area contributed by atoms with Gasteiger partial charge in [0.1, 0.15) is 11.5 Å². The van der Waals surface area contributed by atoms with Gasteiger partial charge in [-0.3, -0.25) is 14.4 Å². The van der Waals surface area contributed by atoms with Gasteiger partial charge in [0.2, 0.25) is 5.91 Å². The maximum absolute atomic E-state index is 14.7. The van der Waals surface area contributed by atoms with Crippen molar-refractivity contribution in [1.82, 2.24) is 4.90 Å². The molecule has 190 valence electrons. The number of ketones is 2. The van der Waals surface area contributed by atoms with Crippen LogP contribution in [0.15, 0.2) is 109 Å². The predicted octanol–water partition coefficient (Wildman–Crippen LogP) is 6.32. The fraction of sp³-hybridized carbons (Fsp3) is 0.121. The smallest absolute Gasteiger partial charge is 0.238 e. The van der Waals surface area contributed by atoms with Crippen molar-refractivity contribution in [3.05, 3.63) is 142 Å². The Morgan fingerprint density at radius 2 is 1.49 bits per heavy atom. The second kappa shape index (κ2) is 8.79. The van der Waals surface area contributed by atoms with Gasteiger partial charge < -0.3 is 10.2 Å². The number of anilines is 1. The zero-order valence-corrected chi connectivity index (χ0v) is 21.5. The van der Waals surface area contributed by atoms with Crippen LogP contribution in [0.3, 0.4) is 0 Å². The third-order valence-corrected chi connectivity index (χ3v) is 8.65. The molecule has 1 saturated heterocycles. The minimum Gasteiger partial charge on any atom is -0.358 e. The number of hydrogen-bond donors (Lipinski definition) is 1. The number of nitrogens with zero attached hydrogens (tertiary/aromatic N) is 1. The molecule has 1 fully saturated rings. The third-order valence-electron chi connectivity index (χ3n) is 8.32. The standard InChI is InChI=1S/C33H23ClN2O3/c34-25-16-8-6-14-23(25)30(38)27-28(29(37)21-11-2-1-3-12-21)36-19-18-20-10-4-5-13-22(20)31(36)33(27)24-15-7-9-17-26(24)35-32(33)39/h1-19,27-28,31H,(H,35,39). The summed E-state index contributed by atoms with van der Waals surface area (Å²) in [6, 6.07) is 29.6. The quantitative estimate of drug-likeness (QED) is 0.313. The van der Waals surface area contributed by atoms with E-state index in [1.54, 1.807) is 48.5 Å². The summed E-state index contributed by atoms with van der Waals surface area (Å²) in [6.45, 7) is 0. The molecule has 4 unspecified atom stereocenters. The molecule has 3 aliphatic rings. The molecule has 0 radical (unpaired) electrons. The molecule has 0 bridgehead atoms. The lowest BCUT2D eigenvalue weighted by atomic mass is 9.62. The summed E-state index contributed by atoms with van der Waals surface area (Å²) in [5.41, 5.74) is 2.61. The molecule has 4 aromatic carbocycles. The van der Waals surface area contributed by atoms with Crippen molar-refractivity contribution in [3.8, 4) is 0 Å². The number of benzene rings is 4. The number of hydrogen-bond acceptors (Lipinski definition) is 4. The van der Waals surface area contributed by atoms with Crippen LogP contribution in [0.5, 0.6) is 0 Å². The summed E-state index contributed by atoms with van der Waals surface area (Å²) in [4.78, 5) is 45.5. The van der Waals surface area contributed by atoms with E-state index in [9.17, 15) is 14.4 Å². The largest absolute Gasteiger partial charge is 0.358 e. The highest BCUT2D eigenvalue weighted by Crippen LogP contribution is 2.62. The van der Waals surface area contributed by atoms with E-state index in [2.05, 4.69) is 5.32 Å². The maximum atomic E-state index is 14.7. The monoisotopic (exact) mass is 530 g/mol. The lowest BCUT2D eigenvalue weighted by molar-refractivity contribution is -0.122. The first kappa shape index (κ1) is 23.6. The molecular weight excluding hydrogens is 508 g/mol. The average Bonchev–Trinajstić information content (AvgIpc) is 3.45. The van der Waals surface area contributed by atoms with E-state index < -0.39 is 23.4 Å². The average molecular weight is 531 g/mol. The molecule has 7 rings (SSSR count). The second-order valence-electron chi connectivity index (χ2n) is 10.2. The normalized spacial score (nSPS) is 24.2. The van der Waals surface area contributed by atoms with E-state index in [4.69, 9.17) is 11.6 Å². The van der Waals surface area contributed by atoms with E-state index in [0.29, 0.717) is 22.4 Å². The Hall–Kier alpha value is -4.48. The van der Waals surface area contributed by atoms with E-state index in [0.717, 1.165) is 11.1 Å². The first-order valence-electron chi connectivity index (χ1n) is 12.9. The summed E-state index contributed by atoms with van der Waals surface area (Å²) in [5, 5.41) is 3.35. The zero-order valence-electron chi connectivity index (χ0n) is 20.8. The molecule has 6 heteroatoms. The van der Waals surface area contributed by atoms with E-state index >= 15 is 0 Å². The number of fused-ring (bicyclic) bond motifs is 6. The van der Waals surface area contributed by atoms with E-state index in [1.807, 2.05) is 71.8 Å². The van der Waals surface area contributed by atoms with Gasteiger partial charge in [0.05, 0.1) is 17.0 Å². The Balaban J connectivity index is 1.56. The lowest BCUT2D eigenvalue weighted by Gasteiger charge is -2.38. The van der Waals surface area contributed by atoms with Crippen LogP contribution in [0, 0.1) is 5.92 Å². The third kappa shape index (κ3) is 3.23. The number of carbonyl (C=O) groups excluding carboxylic acids is 3. The highest BCUT2D eigenvalue weighted by atomic mass is 35.5. The van der Waals surface area contributed by atoms with Gasteiger partial charge in [-0.2, -0.15) is 0 Å². The molecule has 1 amide bonds. The Morgan fingerprint density at radius 1 is 0.795 bits per heavy atom. The maximum Gasteiger partial charge on any atom is 0.238 e. The fourth-order valence-electron chi connectivity index (χ4n) is 6.77. The van der Waals surface area contributed by atoms with Crippen molar-refractivity contribution in [2.75, 3.05) is 5.32 Å². The molecule has 0 aliphatic carbocycles. The molecule has 0 aromatic heterocycles. The van der Waals surface area contributed by atoms with Gasteiger partial charge in [-0.25, -0.2) is 0 Å². The van der Waals surface area contributed by atoms with E-state index in [-0.39, 0.29) is 22.5 Å². The summed E-state index contributed by atoms with van der Waals surface area (Å²) >= 11 is 6.57. The SMILES string of the molecule is O=C(c1ccccc1)C1C(C(=O)c2ccccc2Cl)C2(C(=O)Nc3ccccc32)C2c3ccccc3C=CN12. The van der Waals surface area contributed by atoms with Crippen LogP contribution in [0.1, 0.15) is 43.4 Å². The van der Waals surface area contributed by atoms with Gasteiger partial charge in [0.15, 0.2) is 11.6 Å². The predicted molar refractivity (Wildman–Crippen MR) is 151 cm³/mol. The highest BCUT2D eigenvalue weighted by Gasteiger charge is 2.70. The molecule has 0 saturated carbocycles. The van der Waals surface area contributed by atoms with Crippen molar-refractivity contribution in [2.24, 2.45) is 5.92 Å². The number of nitrogens with one attached hydrogen (secondary N) is 1. The molecule has 39 heavy (non-hydrogen) atoms. The van der Waals surface area contributed by atoms with Gasteiger partial charge in [0.25, 0.3) is 0 Å². The number of amides is 1. The fourth-order valence-corrected chi connectivity index (χ4v) is 7.00. The van der Waals surface area contributed by atoms with Gasteiger partial charge in [-0.15, -0.1) is 0 Å². The summed E-state index contributed by atoms with van der Waals surface area (Å²) in [5.74, 6) is -1.89. The summed E-state index contributed by atoms with van der Waals surface area (Å²) in [6.07, 6.45) is 3.82. The molecule has 4 atom stereocenters. The zero-order chi connectivity index (χ0) is 26.7. The second-order valence-corrected chi connectivity index (χ2v) is 10.6. The van der Waals surface area contributed by atoms with Crippen molar-refractivity contribution < 1.29 is 14.4 Å². The van der Waals surface area contributed by atoms with E-state index in [1.165, 1.54) is 0 Å². The van der Waals surface area contributed by atoms with Gasteiger partial charge in [-0.05, 0) is 41.0 Å². The summed E-state index contributed by atoms with van der Waals surface area (Å²) < 4.78 is 0. The number of halogens is 1. The Morgan fingerprint density at radius 3 is 2.31 bits per heavy atom. The molecule has 4 aromatic rings. The molecular formula is C33H23ClN2O3. The molecule has 3 heterocycles. The highest BCUT2D eigenvalue weighted by molar-refractivity contribution is 6.34. The number of carbonyl (C=O) groups is 3. The van der Waals surface area contributed by atoms with Crippen LogP contribution in [0.25, 0.3) is 6.08 Å². The first-order chi connectivity index (χ1) is 19.0. The minimum absolute atomic E-state index is 0.218. The lowest BCUT2D eigenvalue weighted by Crippen LogP contribution is -2.49. The Bertz CT molecular complexity index is 1700. The summed E-state index contributed by atoms with van der Waals surface area (Å²) in [7, 11) is 0. The number of para-hydroxylation sites is 1. The molecule has 1 N–H and O–H groups in total.